The number of carbonyl (C=O) groups is 1. The van der Waals surface area contributed by atoms with Gasteiger partial charge in [0.15, 0.2) is 14.1 Å². The van der Waals surface area contributed by atoms with Gasteiger partial charge >= 0.3 is 6.18 Å². The molecule has 0 aromatic heterocycles. The first-order valence-corrected chi connectivity index (χ1v) is 9.93. The molecule has 0 saturated heterocycles. The maximum Gasteiger partial charge on any atom is 0.398 e. The van der Waals surface area contributed by atoms with Crippen LogP contribution in [0.1, 0.15) is 47.5 Å². The van der Waals surface area contributed by atoms with Gasteiger partial charge < -0.3 is 4.43 Å². The van der Waals surface area contributed by atoms with Crippen LogP contribution in [-0.4, -0.2) is 26.4 Å². The lowest BCUT2D eigenvalue weighted by molar-refractivity contribution is -0.182. The van der Waals surface area contributed by atoms with E-state index >= 15 is 0 Å². The Balaban J connectivity index is 5.13. The van der Waals surface area contributed by atoms with Crippen LogP contribution in [0.5, 0.6) is 0 Å². The molecule has 0 aromatic carbocycles. The quantitative estimate of drug-likeness (QED) is 0.649. The topological polar surface area (TPSA) is 26.3 Å². The highest BCUT2D eigenvalue weighted by atomic mass is 28.4. The summed E-state index contributed by atoms with van der Waals surface area (Å²) in [4.78, 5) is 12.1. The van der Waals surface area contributed by atoms with Crippen LogP contribution < -0.4 is 0 Å². The number of rotatable bonds is 6. The largest absolute Gasteiger partial charge is 0.407 e. The molecule has 20 heavy (non-hydrogen) atoms. The van der Waals surface area contributed by atoms with E-state index in [4.69, 9.17) is 4.43 Å². The molecular weight excluding hydrogens is 285 g/mol. The first-order valence-electron chi connectivity index (χ1n) is 7.02. The maximum absolute atomic E-state index is 12.7. The Morgan fingerprint density at radius 1 is 1.20 bits per heavy atom. The predicted octanol–water partition coefficient (Wildman–Crippen LogP) is 4.94. The third-order valence-electron chi connectivity index (χ3n) is 4.03. The highest BCUT2D eigenvalue weighted by Crippen LogP contribution is 2.38. The minimum Gasteiger partial charge on any atom is -0.407 e. The average molecular weight is 312 g/mol. The standard InChI is InChI=1S/C14H27F3O2Si/c1-8-9-11(12(18)10(2)14(15,16)17)19-20(6,7)13(3,4)5/h10-11H,8-9H2,1-7H3/t10?,11-/m1/s1. The number of ketones is 1. The monoisotopic (exact) mass is 312 g/mol. The fraction of sp³-hybridized carbons (Fsp3) is 0.929. The van der Waals surface area contributed by atoms with E-state index in [0.29, 0.717) is 12.8 Å². The first kappa shape index (κ1) is 19.6. The van der Waals surface area contributed by atoms with Gasteiger partial charge in [0.2, 0.25) is 0 Å². The molecule has 0 radical (unpaired) electrons. The number of hydrogen-bond donors (Lipinski definition) is 0. The predicted molar refractivity (Wildman–Crippen MR) is 77.2 cm³/mol. The summed E-state index contributed by atoms with van der Waals surface area (Å²) < 4.78 is 44.0. The molecule has 0 aliphatic rings. The fourth-order valence-electron chi connectivity index (χ4n) is 1.49. The Morgan fingerprint density at radius 2 is 1.65 bits per heavy atom. The molecule has 120 valence electrons. The molecule has 0 rings (SSSR count). The molecule has 2 atom stereocenters. The van der Waals surface area contributed by atoms with Crippen LogP contribution in [0.25, 0.3) is 0 Å². The molecule has 0 spiro atoms. The highest BCUT2D eigenvalue weighted by Gasteiger charge is 2.46. The summed E-state index contributed by atoms with van der Waals surface area (Å²) in [6.45, 7) is 12.6. The van der Waals surface area contributed by atoms with Crippen LogP contribution in [0, 0.1) is 5.92 Å². The van der Waals surface area contributed by atoms with Crippen molar-refractivity contribution in [1.82, 2.24) is 0 Å². The Morgan fingerprint density at radius 3 is 1.95 bits per heavy atom. The molecule has 2 nitrogen and oxygen atoms in total. The summed E-state index contributed by atoms with van der Waals surface area (Å²) >= 11 is 0. The van der Waals surface area contributed by atoms with E-state index in [1.165, 1.54) is 0 Å². The van der Waals surface area contributed by atoms with Gasteiger partial charge in [0.25, 0.3) is 0 Å². The Bertz CT molecular complexity index is 332. The minimum absolute atomic E-state index is 0.138. The van der Waals surface area contributed by atoms with Crippen LogP contribution in [-0.2, 0) is 9.22 Å². The van der Waals surface area contributed by atoms with Crippen molar-refractivity contribution < 1.29 is 22.4 Å². The van der Waals surface area contributed by atoms with Crippen molar-refractivity contribution in [3.8, 4) is 0 Å². The maximum atomic E-state index is 12.7. The van der Waals surface area contributed by atoms with Crippen LogP contribution in [0.2, 0.25) is 18.1 Å². The molecular formula is C14H27F3O2Si. The Labute approximate surface area is 121 Å². The second kappa shape index (κ2) is 6.60. The summed E-state index contributed by atoms with van der Waals surface area (Å²) in [6, 6.07) is 0. The van der Waals surface area contributed by atoms with Gasteiger partial charge in [-0.15, -0.1) is 0 Å². The van der Waals surface area contributed by atoms with Crippen molar-refractivity contribution in [2.24, 2.45) is 5.92 Å². The summed E-state index contributed by atoms with van der Waals surface area (Å²) in [6.07, 6.45) is -4.49. The average Bonchev–Trinajstić information content (AvgIpc) is 2.23. The summed E-state index contributed by atoms with van der Waals surface area (Å²) in [5.74, 6) is -2.81. The molecule has 0 aliphatic carbocycles. The van der Waals surface area contributed by atoms with E-state index in [9.17, 15) is 18.0 Å². The number of halogens is 3. The van der Waals surface area contributed by atoms with Gasteiger partial charge in [0.1, 0.15) is 12.0 Å². The Kier molecular flexibility index (Phi) is 6.48. The molecule has 0 aliphatic heterocycles. The zero-order valence-electron chi connectivity index (χ0n) is 13.5. The van der Waals surface area contributed by atoms with Crippen molar-refractivity contribution in [3.63, 3.8) is 0 Å². The smallest absolute Gasteiger partial charge is 0.398 e. The second-order valence-electron chi connectivity index (χ2n) is 6.82. The molecule has 6 heteroatoms. The zero-order valence-corrected chi connectivity index (χ0v) is 14.5. The molecule has 0 aromatic rings. The number of carbonyl (C=O) groups excluding carboxylic acids is 1. The van der Waals surface area contributed by atoms with E-state index < -0.39 is 32.3 Å². The van der Waals surface area contributed by atoms with Gasteiger partial charge in [-0.1, -0.05) is 34.1 Å². The van der Waals surface area contributed by atoms with Crippen molar-refractivity contribution in [2.75, 3.05) is 0 Å². The van der Waals surface area contributed by atoms with Gasteiger partial charge in [-0.05, 0) is 31.5 Å². The Hall–Kier alpha value is -0.363. The summed E-state index contributed by atoms with van der Waals surface area (Å²) in [7, 11) is -2.26. The van der Waals surface area contributed by atoms with E-state index in [-0.39, 0.29) is 5.04 Å². The molecule has 0 heterocycles. The molecule has 0 saturated carbocycles. The third kappa shape index (κ3) is 5.20. The van der Waals surface area contributed by atoms with Crippen LogP contribution in [0.15, 0.2) is 0 Å². The lowest BCUT2D eigenvalue weighted by atomic mass is 9.99. The molecule has 0 amide bonds. The van der Waals surface area contributed by atoms with Crippen LogP contribution in [0.3, 0.4) is 0 Å². The van der Waals surface area contributed by atoms with Gasteiger partial charge in [-0.2, -0.15) is 13.2 Å². The SMILES string of the molecule is CCC[C@@H](O[Si](C)(C)C(C)(C)C)C(=O)C(C)C(F)(F)F. The molecule has 0 bridgehead atoms. The van der Waals surface area contributed by atoms with E-state index in [1.54, 1.807) is 0 Å². The lowest BCUT2D eigenvalue weighted by Crippen LogP contribution is -2.48. The normalized spacial score (nSPS) is 16.9. The molecule has 1 unspecified atom stereocenters. The number of hydrogen-bond acceptors (Lipinski definition) is 2. The van der Waals surface area contributed by atoms with Crippen LogP contribution in [0.4, 0.5) is 13.2 Å². The van der Waals surface area contributed by atoms with Gasteiger partial charge in [0.05, 0.1) is 0 Å². The van der Waals surface area contributed by atoms with Gasteiger partial charge in [0, 0.05) is 0 Å². The summed E-state index contributed by atoms with van der Waals surface area (Å²) in [5, 5.41) is -0.138. The second-order valence-corrected chi connectivity index (χ2v) is 11.6. The zero-order chi connectivity index (χ0) is 16.4. The minimum atomic E-state index is -4.50. The first-order chi connectivity index (χ1) is 8.74. The van der Waals surface area contributed by atoms with E-state index in [1.807, 2.05) is 40.8 Å². The van der Waals surface area contributed by atoms with Crippen LogP contribution >= 0.6 is 0 Å². The fourth-order valence-corrected chi connectivity index (χ4v) is 2.79. The summed E-state index contributed by atoms with van der Waals surface area (Å²) in [5.41, 5.74) is 0. The van der Waals surface area contributed by atoms with E-state index in [0.717, 1.165) is 6.92 Å². The van der Waals surface area contributed by atoms with Gasteiger partial charge in [-0.3, -0.25) is 4.79 Å². The molecule has 0 N–H and O–H groups in total. The van der Waals surface area contributed by atoms with Crippen molar-refractivity contribution in [2.45, 2.75) is 77.9 Å². The highest BCUT2D eigenvalue weighted by molar-refractivity contribution is 6.74. The van der Waals surface area contributed by atoms with E-state index in [2.05, 4.69) is 0 Å². The number of alkyl halides is 3. The van der Waals surface area contributed by atoms with Crippen molar-refractivity contribution in [1.29, 1.82) is 0 Å². The van der Waals surface area contributed by atoms with Crippen molar-refractivity contribution in [3.05, 3.63) is 0 Å². The van der Waals surface area contributed by atoms with Gasteiger partial charge in [-0.25, -0.2) is 0 Å². The molecule has 0 fully saturated rings. The van der Waals surface area contributed by atoms with Crippen molar-refractivity contribution >= 4 is 14.1 Å². The third-order valence-corrected chi connectivity index (χ3v) is 8.52. The number of Topliss-reactive ketones (excluding diaryl/α,β-unsaturated/α-hetero) is 1. The lowest BCUT2D eigenvalue weighted by Gasteiger charge is -2.39.